The number of carbonyl (C=O) groups excluding carboxylic acids is 1. The van der Waals surface area contributed by atoms with Crippen LogP contribution in [0.3, 0.4) is 0 Å². The third kappa shape index (κ3) is 1.99. The zero-order valence-electron chi connectivity index (χ0n) is 11.6. The van der Waals surface area contributed by atoms with Crippen LogP contribution in [0, 0.1) is 0 Å². The lowest BCUT2D eigenvalue weighted by Crippen LogP contribution is -2.21. The van der Waals surface area contributed by atoms with Gasteiger partial charge in [0.25, 0.3) is 5.91 Å². The molecule has 0 unspecified atom stereocenters. The molecule has 0 spiro atoms. The van der Waals surface area contributed by atoms with E-state index in [1.165, 1.54) is 6.20 Å². The van der Waals surface area contributed by atoms with Crippen molar-refractivity contribution in [3.8, 4) is 17.2 Å². The van der Waals surface area contributed by atoms with Gasteiger partial charge >= 0.3 is 0 Å². The summed E-state index contributed by atoms with van der Waals surface area (Å²) in [6, 6.07) is 5.38. The zero-order chi connectivity index (χ0) is 15.0. The minimum absolute atomic E-state index is 0.207. The number of anilines is 3. The SMILES string of the molecule is CNC(=O)c1cnc(N)c2c1Nc1c(OC)cccc1O2. The number of pyridine rings is 1. The van der Waals surface area contributed by atoms with Gasteiger partial charge in [-0.15, -0.1) is 0 Å². The number of benzene rings is 1. The van der Waals surface area contributed by atoms with Crippen LogP contribution in [0.2, 0.25) is 0 Å². The Hall–Kier alpha value is -2.96. The predicted octanol–water partition coefficient (Wildman–Crippen LogP) is 1.88. The van der Waals surface area contributed by atoms with E-state index in [0.717, 1.165) is 0 Å². The van der Waals surface area contributed by atoms with Crippen LogP contribution in [0.4, 0.5) is 17.2 Å². The number of rotatable bonds is 2. The number of fused-ring (bicyclic) bond motifs is 2. The van der Waals surface area contributed by atoms with Crippen molar-refractivity contribution in [3.05, 3.63) is 30.0 Å². The highest BCUT2D eigenvalue weighted by atomic mass is 16.5. The van der Waals surface area contributed by atoms with Crippen LogP contribution < -0.4 is 25.8 Å². The summed E-state index contributed by atoms with van der Waals surface area (Å²) >= 11 is 0. The number of nitrogens with one attached hydrogen (secondary N) is 2. The standard InChI is InChI=1S/C14H14N4O3/c1-16-14(19)7-6-17-13(15)12-10(7)18-11-8(20-2)4-3-5-9(11)21-12/h3-6,18H,1-2H3,(H2,15,17)(H,16,19). The van der Waals surface area contributed by atoms with E-state index >= 15 is 0 Å². The van der Waals surface area contributed by atoms with Gasteiger partial charge in [0.1, 0.15) is 17.1 Å². The molecule has 3 rings (SSSR count). The molecule has 7 heteroatoms. The normalized spacial score (nSPS) is 11.5. The fourth-order valence-corrected chi connectivity index (χ4v) is 2.17. The molecular weight excluding hydrogens is 272 g/mol. The van der Waals surface area contributed by atoms with E-state index in [4.69, 9.17) is 15.2 Å². The summed E-state index contributed by atoms with van der Waals surface area (Å²) in [7, 11) is 3.11. The fourth-order valence-electron chi connectivity index (χ4n) is 2.17. The fraction of sp³-hybridized carbons (Fsp3) is 0.143. The van der Waals surface area contributed by atoms with Gasteiger partial charge in [0.05, 0.1) is 12.7 Å². The predicted molar refractivity (Wildman–Crippen MR) is 78.4 cm³/mol. The Morgan fingerprint density at radius 1 is 1.43 bits per heavy atom. The van der Waals surface area contributed by atoms with Crippen LogP contribution in [0.1, 0.15) is 10.4 Å². The van der Waals surface area contributed by atoms with E-state index in [9.17, 15) is 4.79 Å². The average molecular weight is 286 g/mol. The summed E-state index contributed by atoms with van der Waals surface area (Å²) in [5.41, 5.74) is 7.30. The highest BCUT2D eigenvalue weighted by Gasteiger charge is 2.27. The van der Waals surface area contributed by atoms with Gasteiger partial charge in [-0.3, -0.25) is 4.79 Å². The van der Waals surface area contributed by atoms with Crippen molar-refractivity contribution < 1.29 is 14.3 Å². The number of hydrogen-bond acceptors (Lipinski definition) is 6. The van der Waals surface area contributed by atoms with Gasteiger partial charge in [-0.05, 0) is 12.1 Å². The van der Waals surface area contributed by atoms with Crippen molar-refractivity contribution in [2.45, 2.75) is 0 Å². The van der Waals surface area contributed by atoms with Crippen LogP contribution in [0.5, 0.6) is 17.2 Å². The lowest BCUT2D eigenvalue weighted by molar-refractivity contribution is 0.0963. The first-order chi connectivity index (χ1) is 10.2. The van der Waals surface area contributed by atoms with E-state index in [1.807, 2.05) is 0 Å². The molecule has 0 fully saturated rings. The van der Waals surface area contributed by atoms with Crippen LogP contribution in [-0.4, -0.2) is 25.0 Å². The Bertz CT molecular complexity index is 730. The molecule has 1 aromatic heterocycles. The lowest BCUT2D eigenvalue weighted by Gasteiger charge is -2.25. The zero-order valence-corrected chi connectivity index (χ0v) is 11.6. The molecule has 2 aromatic rings. The van der Waals surface area contributed by atoms with Gasteiger partial charge in [-0.1, -0.05) is 6.07 Å². The van der Waals surface area contributed by atoms with Crippen LogP contribution in [-0.2, 0) is 0 Å². The Balaban J connectivity index is 2.17. The van der Waals surface area contributed by atoms with Gasteiger partial charge in [0.15, 0.2) is 17.3 Å². The number of ether oxygens (including phenoxy) is 2. The Kier molecular flexibility index (Phi) is 3.02. The van der Waals surface area contributed by atoms with E-state index in [-0.39, 0.29) is 11.7 Å². The van der Waals surface area contributed by atoms with Gasteiger partial charge in [-0.25, -0.2) is 4.98 Å². The van der Waals surface area contributed by atoms with Crippen molar-refractivity contribution >= 4 is 23.1 Å². The molecule has 0 saturated heterocycles. The van der Waals surface area contributed by atoms with E-state index in [2.05, 4.69) is 15.6 Å². The molecule has 1 aliphatic rings. The molecular formula is C14H14N4O3. The highest BCUT2D eigenvalue weighted by molar-refractivity contribution is 6.03. The molecule has 0 bridgehead atoms. The van der Waals surface area contributed by atoms with E-state index in [0.29, 0.717) is 34.2 Å². The number of amides is 1. The summed E-state index contributed by atoms with van der Waals surface area (Å²) in [6.07, 6.45) is 1.41. The average Bonchev–Trinajstić information content (AvgIpc) is 2.52. The summed E-state index contributed by atoms with van der Waals surface area (Å²) in [6.45, 7) is 0. The minimum Gasteiger partial charge on any atom is -0.494 e. The summed E-state index contributed by atoms with van der Waals surface area (Å²) in [5.74, 6) is 1.42. The highest BCUT2D eigenvalue weighted by Crippen LogP contribution is 2.49. The van der Waals surface area contributed by atoms with Gasteiger partial charge in [0.2, 0.25) is 0 Å². The number of hydrogen-bond donors (Lipinski definition) is 3. The second-order valence-electron chi connectivity index (χ2n) is 4.40. The van der Waals surface area contributed by atoms with Crippen molar-refractivity contribution in [1.82, 2.24) is 10.3 Å². The number of nitrogens with two attached hydrogens (primary N) is 1. The number of aromatic nitrogens is 1. The quantitative estimate of drug-likeness (QED) is 0.665. The topological polar surface area (TPSA) is 98.5 Å². The largest absolute Gasteiger partial charge is 0.494 e. The molecule has 108 valence electrons. The maximum absolute atomic E-state index is 11.9. The second-order valence-corrected chi connectivity index (χ2v) is 4.40. The van der Waals surface area contributed by atoms with E-state index < -0.39 is 0 Å². The van der Waals surface area contributed by atoms with Crippen LogP contribution in [0.25, 0.3) is 0 Å². The molecule has 1 amide bonds. The summed E-state index contributed by atoms with van der Waals surface area (Å²) in [4.78, 5) is 15.9. The first kappa shape index (κ1) is 13.0. The lowest BCUT2D eigenvalue weighted by atomic mass is 10.1. The maximum Gasteiger partial charge on any atom is 0.254 e. The first-order valence-corrected chi connectivity index (χ1v) is 6.28. The maximum atomic E-state index is 11.9. The van der Waals surface area contributed by atoms with E-state index in [1.54, 1.807) is 32.4 Å². The molecule has 0 saturated carbocycles. The molecule has 1 aromatic carbocycles. The Morgan fingerprint density at radius 3 is 2.95 bits per heavy atom. The molecule has 0 aliphatic carbocycles. The monoisotopic (exact) mass is 286 g/mol. The number of nitrogen functional groups attached to an aromatic ring is 1. The van der Waals surface area contributed by atoms with Crippen molar-refractivity contribution in [1.29, 1.82) is 0 Å². The van der Waals surface area contributed by atoms with Crippen LogP contribution in [0.15, 0.2) is 24.4 Å². The molecule has 7 nitrogen and oxygen atoms in total. The molecule has 0 radical (unpaired) electrons. The number of para-hydroxylation sites is 1. The summed E-state index contributed by atoms with van der Waals surface area (Å²) in [5, 5.41) is 5.71. The van der Waals surface area contributed by atoms with Crippen molar-refractivity contribution in [2.24, 2.45) is 0 Å². The molecule has 4 N–H and O–H groups in total. The van der Waals surface area contributed by atoms with Gasteiger partial charge in [-0.2, -0.15) is 0 Å². The Labute approximate surface area is 121 Å². The number of methoxy groups -OCH3 is 1. The Morgan fingerprint density at radius 2 is 2.24 bits per heavy atom. The third-order valence-corrected chi connectivity index (χ3v) is 3.20. The van der Waals surface area contributed by atoms with Crippen LogP contribution >= 0.6 is 0 Å². The third-order valence-electron chi connectivity index (χ3n) is 3.20. The first-order valence-electron chi connectivity index (χ1n) is 6.28. The van der Waals surface area contributed by atoms with Gasteiger partial charge in [0, 0.05) is 13.2 Å². The minimum atomic E-state index is -0.284. The summed E-state index contributed by atoms with van der Waals surface area (Å²) < 4.78 is 11.1. The van der Waals surface area contributed by atoms with Gasteiger partial charge < -0.3 is 25.8 Å². The van der Waals surface area contributed by atoms with Crippen molar-refractivity contribution in [3.63, 3.8) is 0 Å². The molecule has 21 heavy (non-hydrogen) atoms. The molecule has 1 aliphatic heterocycles. The molecule has 2 heterocycles. The second kappa shape index (κ2) is 4.86. The van der Waals surface area contributed by atoms with Crippen molar-refractivity contribution in [2.75, 3.05) is 25.2 Å². The molecule has 0 atom stereocenters. The number of carbonyl (C=O) groups is 1. The number of nitrogens with zero attached hydrogens (tertiary/aromatic N) is 1. The smallest absolute Gasteiger partial charge is 0.254 e.